The third kappa shape index (κ3) is 9.54. The van der Waals surface area contributed by atoms with Crippen molar-refractivity contribution in [1.29, 1.82) is 0 Å². The minimum atomic E-state index is 0.161. The van der Waals surface area contributed by atoms with Crippen LogP contribution in [0.15, 0.2) is 85.0 Å². The Labute approximate surface area is 297 Å². The van der Waals surface area contributed by atoms with Gasteiger partial charge in [-0.15, -0.1) is 0 Å². The van der Waals surface area contributed by atoms with Crippen LogP contribution in [0.2, 0.25) is 0 Å². The Morgan fingerprint density at radius 2 is 0.979 bits per heavy atom. The van der Waals surface area contributed by atoms with Crippen molar-refractivity contribution < 1.29 is 0 Å². The first-order valence-corrected chi connectivity index (χ1v) is 19.3. The Morgan fingerprint density at radius 1 is 0.625 bits per heavy atom. The SMILES string of the molecule is C=C(CC1CC(C)(C)N(CC(C)c2ccccc2)C(C)(C)C1)CC(CC)C(=C)CC1CC(C)(C)N(CC(C)c2ccccc2)C(C)(C)C1. The van der Waals surface area contributed by atoms with Crippen molar-refractivity contribution in [2.75, 3.05) is 13.1 Å². The topological polar surface area (TPSA) is 6.48 Å². The van der Waals surface area contributed by atoms with Gasteiger partial charge in [0.15, 0.2) is 0 Å². The molecule has 2 heteroatoms. The van der Waals surface area contributed by atoms with Crippen LogP contribution in [0.3, 0.4) is 0 Å². The van der Waals surface area contributed by atoms with Gasteiger partial charge in [0.2, 0.25) is 0 Å². The second-order valence-corrected chi connectivity index (χ2v) is 18.8. The fourth-order valence-corrected chi connectivity index (χ4v) is 10.6. The molecule has 0 radical (unpaired) electrons. The molecule has 2 heterocycles. The van der Waals surface area contributed by atoms with Gasteiger partial charge in [0.05, 0.1) is 0 Å². The molecule has 4 rings (SSSR count). The van der Waals surface area contributed by atoms with Gasteiger partial charge < -0.3 is 0 Å². The highest BCUT2D eigenvalue weighted by atomic mass is 15.3. The summed E-state index contributed by atoms with van der Waals surface area (Å²) in [5, 5.41) is 0. The summed E-state index contributed by atoms with van der Waals surface area (Å²) in [5.74, 6) is 2.94. The van der Waals surface area contributed by atoms with E-state index >= 15 is 0 Å². The first-order chi connectivity index (χ1) is 22.3. The third-order valence-electron chi connectivity index (χ3n) is 12.5. The molecule has 3 unspecified atom stereocenters. The number of rotatable bonds is 14. The molecular formula is C46H72N2. The van der Waals surface area contributed by atoms with E-state index in [4.69, 9.17) is 13.2 Å². The minimum Gasteiger partial charge on any atom is -0.292 e. The van der Waals surface area contributed by atoms with Gasteiger partial charge in [-0.3, -0.25) is 9.80 Å². The van der Waals surface area contributed by atoms with Crippen molar-refractivity contribution in [2.45, 2.75) is 162 Å². The first-order valence-electron chi connectivity index (χ1n) is 19.3. The lowest BCUT2D eigenvalue weighted by Gasteiger charge is -2.56. The van der Waals surface area contributed by atoms with E-state index in [0.29, 0.717) is 29.6 Å². The van der Waals surface area contributed by atoms with Crippen LogP contribution >= 0.6 is 0 Å². The molecule has 0 aromatic heterocycles. The van der Waals surface area contributed by atoms with Crippen molar-refractivity contribution in [3.8, 4) is 0 Å². The van der Waals surface area contributed by atoms with Crippen LogP contribution in [0, 0.1) is 17.8 Å². The van der Waals surface area contributed by atoms with Gasteiger partial charge in [0, 0.05) is 35.2 Å². The predicted octanol–water partition coefficient (Wildman–Crippen LogP) is 12.4. The summed E-state index contributed by atoms with van der Waals surface area (Å²) in [6, 6.07) is 22.1. The van der Waals surface area contributed by atoms with Crippen molar-refractivity contribution in [3.05, 3.63) is 96.1 Å². The standard InChI is InChI=1S/C46H72N2/c1-14-40(35(3)27-39-30-45(10,11)48(46(12,13)31-39)33-37(5)42-23-19-16-20-24-42)26-34(2)25-38-28-43(6,7)47(44(8,9)29-38)32-36(4)41-21-17-15-18-22-41/h15-24,36-40H,2-3,14,25-33H2,1,4-13H3. The Balaban J connectivity index is 1.33. The largest absolute Gasteiger partial charge is 0.292 e. The number of piperidine rings is 2. The van der Waals surface area contributed by atoms with E-state index in [1.54, 1.807) is 0 Å². The maximum Gasteiger partial charge on any atom is 0.0161 e. The van der Waals surface area contributed by atoms with E-state index in [1.807, 2.05) is 0 Å². The van der Waals surface area contributed by atoms with Crippen LogP contribution in [0.5, 0.6) is 0 Å². The lowest BCUT2D eigenvalue weighted by atomic mass is 9.69. The van der Waals surface area contributed by atoms with Crippen molar-refractivity contribution in [1.82, 2.24) is 9.80 Å². The zero-order valence-corrected chi connectivity index (χ0v) is 33.0. The molecule has 2 saturated heterocycles. The summed E-state index contributed by atoms with van der Waals surface area (Å²) in [6.45, 7) is 38.7. The van der Waals surface area contributed by atoms with Crippen LogP contribution in [0.1, 0.15) is 150 Å². The lowest BCUT2D eigenvalue weighted by Crippen LogP contribution is -2.61. The summed E-state index contributed by atoms with van der Waals surface area (Å²) in [5.41, 5.74) is 6.45. The van der Waals surface area contributed by atoms with E-state index in [-0.39, 0.29) is 22.2 Å². The molecule has 0 spiro atoms. The number of likely N-dealkylation sites (tertiary alicyclic amines) is 2. The normalized spacial score (nSPS) is 23.3. The van der Waals surface area contributed by atoms with Crippen LogP contribution < -0.4 is 0 Å². The summed E-state index contributed by atoms with van der Waals surface area (Å²) < 4.78 is 0. The molecule has 0 aliphatic carbocycles. The highest BCUT2D eigenvalue weighted by Gasteiger charge is 2.47. The van der Waals surface area contributed by atoms with Gasteiger partial charge in [0.1, 0.15) is 0 Å². The van der Waals surface area contributed by atoms with Crippen molar-refractivity contribution in [2.24, 2.45) is 17.8 Å². The number of benzene rings is 2. The summed E-state index contributed by atoms with van der Waals surface area (Å²) in [7, 11) is 0. The third-order valence-corrected chi connectivity index (χ3v) is 12.5. The average molecular weight is 653 g/mol. The first kappa shape index (κ1) is 38.6. The molecule has 0 N–H and O–H groups in total. The highest BCUT2D eigenvalue weighted by molar-refractivity contribution is 5.21. The monoisotopic (exact) mass is 653 g/mol. The molecule has 3 atom stereocenters. The van der Waals surface area contributed by atoms with Crippen LogP contribution in [0.25, 0.3) is 0 Å². The highest BCUT2D eigenvalue weighted by Crippen LogP contribution is 2.47. The summed E-state index contributed by atoms with van der Waals surface area (Å²) in [6.07, 6.45) is 9.50. The Kier molecular flexibility index (Phi) is 12.4. The number of hydrogen-bond donors (Lipinski definition) is 0. The van der Waals surface area contributed by atoms with Crippen molar-refractivity contribution >= 4 is 0 Å². The second kappa shape index (κ2) is 15.4. The molecule has 266 valence electrons. The fraction of sp³-hybridized carbons (Fsp3) is 0.652. The zero-order chi connectivity index (χ0) is 35.5. The molecule has 2 fully saturated rings. The Bertz CT molecular complexity index is 1300. The molecule has 2 nitrogen and oxygen atoms in total. The van der Waals surface area contributed by atoms with E-state index in [1.165, 1.54) is 48.0 Å². The average Bonchev–Trinajstić information content (AvgIpc) is 2.99. The van der Waals surface area contributed by atoms with Gasteiger partial charge in [-0.2, -0.15) is 0 Å². The smallest absolute Gasteiger partial charge is 0.0161 e. The number of nitrogens with zero attached hydrogens (tertiary/aromatic N) is 2. The maximum absolute atomic E-state index is 4.77. The molecule has 2 aliphatic rings. The van der Waals surface area contributed by atoms with E-state index in [0.717, 1.165) is 38.8 Å². The summed E-state index contributed by atoms with van der Waals surface area (Å²) in [4.78, 5) is 5.62. The van der Waals surface area contributed by atoms with Crippen molar-refractivity contribution in [3.63, 3.8) is 0 Å². The molecule has 2 aromatic rings. The molecule has 0 bridgehead atoms. The van der Waals surface area contributed by atoms with E-state index in [2.05, 4.69) is 147 Å². The maximum atomic E-state index is 4.77. The number of hydrogen-bond acceptors (Lipinski definition) is 2. The van der Waals surface area contributed by atoms with Gasteiger partial charge in [-0.1, -0.05) is 106 Å². The lowest BCUT2D eigenvalue weighted by molar-refractivity contribution is -0.0549. The van der Waals surface area contributed by atoms with Crippen LogP contribution in [0.4, 0.5) is 0 Å². The molecule has 0 amide bonds. The van der Waals surface area contributed by atoms with Gasteiger partial charge in [0.25, 0.3) is 0 Å². The zero-order valence-electron chi connectivity index (χ0n) is 33.0. The fourth-order valence-electron chi connectivity index (χ4n) is 10.6. The predicted molar refractivity (Wildman–Crippen MR) is 211 cm³/mol. The van der Waals surface area contributed by atoms with Crippen LogP contribution in [-0.4, -0.2) is 45.0 Å². The molecule has 48 heavy (non-hydrogen) atoms. The Hall–Kier alpha value is -2.16. The second-order valence-electron chi connectivity index (χ2n) is 18.8. The van der Waals surface area contributed by atoms with Gasteiger partial charge in [-0.25, -0.2) is 0 Å². The molecular weight excluding hydrogens is 581 g/mol. The quantitative estimate of drug-likeness (QED) is 0.187. The van der Waals surface area contributed by atoms with Gasteiger partial charge >= 0.3 is 0 Å². The number of allylic oxidation sites excluding steroid dienone is 2. The van der Waals surface area contributed by atoms with E-state index < -0.39 is 0 Å². The molecule has 2 aliphatic heterocycles. The Morgan fingerprint density at radius 3 is 1.33 bits per heavy atom. The molecule has 2 aromatic carbocycles. The van der Waals surface area contributed by atoms with E-state index in [9.17, 15) is 0 Å². The minimum absolute atomic E-state index is 0.161. The van der Waals surface area contributed by atoms with Gasteiger partial charge in [-0.05, 0) is 147 Å². The molecule has 0 saturated carbocycles. The van der Waals surface area contributed by atoms with Crippen LogP contribution in [-0.2, 0) is 0 Å². The summed E-state index contributed by atoms with van der Waals surface area (Å²) >= 11 is 0.